The van der Waals surface area contributed by atoms with Gasteiger partial charge in [0.2, 0.25) is 11.5 Å². The normalized spacial score (nSPS) is 24.5. The second kappa shape index (κ2) is 8.44. The molecular weight excluding hydrogens is 552 g/mol. The van der Waals surface area contributed by atoms with Crippen molar-refractivity contribution in [2.24, 2.45) is 0 Å². The van der Waals surface area contributed by atoms with Crippen LogP contribution in [-0.2, 0) is 9.47 Å². The number of esters is 1. The van der Waals surface area contributed by atoms with Crippen molar-refractivity contribution in [3.8, 4) is 28.7 Å². The minimum atomic E-state index is -2.84. The molecule has 212 valence electrons. The first-order valence-electron chi connectivity index (χ1n) is 11.7. The first-order valence-corrected chi connectivity index (χ1v) is 11.7. The molecule has 6 N–H and O–H groups in total. The SMILES string of the molecule is COC(=O)c1cc2cc3c(c(O)c2c(=O)o1)OC1(OC2=C(C(=O)c4c(O)cc(OC)c(O)c4C2=O)C1O)C(O)C3O. The van der Waals surface area contributed by atoms with Crippen LogP contribution in [0.3, 0.4) is 0 Å². The van der Waals surface area contributed by atoms with E-state index in [4.69, 9.17) is 18.6 Å². The largest absolute Gasteiger partial charge is 0.507 e. The molecule has 41 heavy (non-hydrogen) atoms. The van der Waals surface area contributed by atoms with Crippen molar-refractivity contribution in [3.63, 3.8) is 0 Å². The number of fused-ring (bicyclic) bond motifs is 3. The molecule has 0 saturated carbocycles. The van der Waals surface area contributed by atoms with Gasteiger partial charge in [0.05, 0.1) is 30.9 Å². The van der Waals surface area contributed by atoms with Crippen LogP contribution in [0.25, 0.3) is 10.8 Å². The van der Waals surface area contributed by atoms with E-state index in [0.29, 0.717) is 0 Å². The van der Waals surface area contributed by atoms with Crippen LogP contribution in [-0.4, -0.2) is 80.4 Å². The molecule has 1 aromatic heterocycles. The van der Waals surface area contributed by atoms with E-state index < -0.39 is 104 Å². The van der Waals surface area contributed by atoms with E-state index in [1.165, 1.54) is 0 Å². The molecule has 6 rings (SSSR count). The van der Waals surface area contributed by atoms with Gasteiger partial charge >= 0.3 is 17.4 Å². The number of aliphatic hydroxyl groups is 3. The van der Waals surface area contributed by atoms with Crippen molar-refractivity contribution in [1.29, 1.82) is 0 Å². The molecule has 0 bridgehead atoms. The summed E-state index contributed by atoms with van der Waals surface area (Å²) in [6.45, 7) is 0. The number of methoxy groups -OCH3 is 2. The summed E-state index contributed by atoms with van der Waals surface area (Å²) in [5.74, 6) is -11.2. The van der Waals surface area contributed by atoms with Gasteiger partial charge in [0.15, 0.2) is 46.7 Å². The van der Waals surface area contributed by atoms with E-state index in [9.17, 15) is 49.8 Å². The molecule has 0 amide bonds. The zero-order valence-corrected chi connectivity index (χ0v) is 20.8. The van der Waals surface area contributed by atoms with Crippen LogP contribution in [0.5, 0.6) is 28.7 Å². The summed E-state index contributed by atoms with van der Waals surface area (Å²) in [6.07, 6.45) is -6.59. The molecule has 3 aliphatic rings. The smallest absolute Gasteiger partial charge is 0.374 e. The van der Waals surface area contributed by atoms with Gasteiger partial charge < -0.3 is 54.0 Å². The number of aliphatic hydroxyl groups excluding tert-OH is 3. The molecule has 1 spiro atoms. The predicted molar refractivity (Wildman–Crippen MR) is 129 cm³/mol. The lowest BCUT2D eigenvalue weighted by Crippen LogP contribution is -2.60. The average Bonchev–Trinajstić information content (AvgIpc) is 3.24. The highest BCUT2D eigenvalue weighted by molar-refractivity contribution is 6.29. The van der Waals surface area contributed by atoms with Crippen LogP contribution in [0.1, 0.15) is 42.9 Å². The number of carbonyl (C=O) groups excluding carboxylic acids is 3. The van der Waals surface area contributed by atoms with Gasteiger partial charge in [0.1, 0.15) is 17.2 Å². The lowest BCUT2D eigenvalue weighted by Gasteiger charge is -2.43. The van der Waals surface area contributed by atoms with E-state index in [2.05, 4.69) is 4.74 Å². The van der Waals surface area contributed by atoms with Crippen molar-refractivity contribution in [2.45, 2.75) is 24.1 Å². The molecule has 3 aromatic rings. The molecule has 4 unspecified atom stereocenters. The highest BCUT2D eigenvalue weighted by Crippen LogP contribution is 2.55. The van der Waals surface area contributed by atoms with Gasteiger partial charge in [-0.2, -0.15) is 0 Å². The minimum absolute atomic E-state index is 0.116. The Morgan fingerprint density at radius 1 is 0.927 bits per heavy atom. The first-order chi connectivity index (χ1) is 19.4. The third kappa shape index (κ3) is 3.18. The lowest BCUT2D eigenvalue weighted by molar-refractivity contribution is -0.271. The fourth-order valence-corrected chi connectivity index (χ4v) is 5.26. The maximum atomic E-state index is 13.4. The van der Waals surface area contributed by atoms with E-state index >= 15 is 0 Å². The molecule has 0 saturated heterocycles. The average molecular weight is 570 g/mol. The molecular formula is C26H18O15. The van der Waals surface area contributed by atoms with Crippen LogP contribution >= 0.6 is 0 Å². The Bertz CT molecular complexity index is 1830. The van der Waals surface area contributed by atoms with Gasteiger partial charge in [-0.15, -0.1) is 0 Å². The van der Waals surface area contributed by atoms with Gasteiger partial charge in [-0.05, 0) is 17.5 Å². The van der Waals surface area contributed by atoms with Crippen molar-refractivity contribution >= 4 is 28.3 Å². The Kier molecular flexibility index (Phi) is 5.38. The highest BCUT2D eigenvalue weighted by Gasteiger charge is 2.65. The molecule has 0 radical (unpaired) electrons. The second-order valence-electron chi connectivity index (χ2n) is 9.31. The molecule has 15 nitrogen and oxygen atoms in total. The summed E-state index contributed by atoms with van der Waals surface area (Å²) in [5.41, 5.74) is -3.72. The number of hydrogen-bond donors (Lipinski definition) is 6. The number of benzene rings is 2. The van der Waals surface area contributed by atoms with Crippen LogP contribution in [0.4, 0.5) is 0 Å². The maximum Gasteiger partial charge on any atom is 0.374 e. The number of Topliss-reactive ketones (excluding diaryl/α,β-unsaturated/α-hetero) is 2. The summed E-state index contributed by atoms with van der Waals surface area (Å²) in [6, 6.07) is 3.00. The maximum absolute atomic E-state index is 13.4. The number of aromatic hydroxyl groups is 3. The number of phenolic OH excluding ortho intramolecular Hbond substituents is 3. The summed E-state index contributed by atoms with van der Waals surface area (Å²) >= 11 is 0. The van der Waals surface area contributed by atoms with Gasteiger partial charge in [-0.25, -0.2) is 9.59 Å². The Morgan fingerprint density at radius 2 is 1.63 bits per heavy atom. The quantitative estimate of drug-likeness (QED) is 0.174. The number of allylic oxidation sites excluding steroid dienone is 1. The lowest BCUT2D eigenvalue weighted by atomic mass is 9.82. The fourth-order valence-electron chi connectivity index (χ4n) is 5.26. The summed E-state index contributed by atoms with van der Waals surface area (Å²) in [7, 11) is 2.17. The number of ketones is 2. The summed E-state index contributed by atoms with van der Waals surface area (Å²) < 4.78 is 25.5. The van der Waals surface area contributed by atoms with Gasteiger partial charge in [0.25, 0.3) is 0 Å². The zero-order valence-electron chi connectivity index (χ0n) is 20.8. The van der Waals surface area contributed by atoms with Gasteiger partial charge in [-0.1, -0.05) is 0 Å². The Hall–Kier alpha value is -5.12. The third-order valence-electron chi connectivity index (χ3n) is 7.22. The Balaban J connectivity index is 1.50. The summed E-state index contributed by atoms with van der Waals surface area (Å²) in [5, 5.41) is 64.6. The van der Waals surface area contributed by atoms with Crippen molar-refractivity contribution in [3.05, 3.63) is 62.4 Å². The third-order valence-corrected chi connectivity index (χ3v) is 7.22. The number of ether oxygens (including phenoxy) is 4. The fraction of sp³-hybridized carbons (Fsp3) is 0.231. The summed E-state index contributed by atoms with van der Waals surface area (Å²) in [4.78, 5) is 51.3. The first kappa shape index (κ1) is 26.1. The minimum Gasteiger partial charge on any atom is -0.507 e. The Labute approximate surface area is 226 Å². The molecule has 4 atom stereocenters. The van der Waals surface area contributed by atoms with E-state index in [1.54, 1.807) is 0 Å². The Morgan fingerprint density at radius 3 is 2.29 bits per heavy atom. The molecule has 2 aromatic carbocycles. The second-order valence-corrected chi connectivity index (χ2v) is 9.31. The van der Waals surface area contributed by atoms with Crippen molar-refractivity contribution < 1.29 is 68.4 Å². The molecule has 3 heterocycles. The van der Waals surface area contributed by atoms with Crippen molar-refractivity contribution in [2.75, 3.05) is 14.2 Å². The molecule has 2 aliphatic heterocycles. The van der Waals surface area contributed by atoms with Gasteiger partial charge in [0, 0.05) is 11.6 Å². The number of carbonyl (C=O) groups is 3. The number of phenols is 3. The predicted octanol–water partition coefficient (Wildman–Crippen LogP) is -0.0876. The van der Waals surface area contributed by atoms with Crippen molar-refractivity contribution in [1.82, 2.24) is 0 Å². The monoisotopic (exact) mass is 570 g/mol. The highest BCUT2D eigenvalue weighted by atomic mass is 16.7. The molecule has 0 fully saturated rings. The van der Waals surface area contributed by atoms with Gasteiger partial charge in [-0.3, -0.25) is 9.59 Å². The topological polar surface area (TPSA) is 240 Å². The number of rotatable bonds is 2. The zero-order chi connectivity index (χ0) is 29.7. The van der Waals surface area contributed by atoms with Crippen LogP contribution in [0.15, 0.2) is 38.7 Å². The van der Waals surface area contributed by atoms with E-state index in [-0.39, 0.29) is 16.7 Å². The van der Waals surface area contributed by atoms with E-state index in [1.807, 2.05) is 0 Å². The van der Waals surface area contributed by atoms with E-state index in [0.717, 1.165) is 32.4 Å². The van der Waals surface area contributed by atoms with Crippen LogP contribution in [0, 0.1) is 0 Å². The molecule has 1 aliphatic carbocycles. The van der Waals surface area contributed by atoms with Crippen LogP contribution in [0.2, 0.25) is 0 Å². The standard InChI is InChI=1S/C26H18O15/c1-37-9-5-8(27)12-13(16(9)29)19(32)21-14(17(12)30)22(33)26(41-21)23(34)15(28)7-3-6-4-10(24(35)38-2)39-25(36)11(6)18(31)20(7)40-26/h3-5,15,22-23,27-29,31,33-34H,1-2H3. The van der Waals surface area contributed by atoms with Crippen LogP contribution < -0.4 is 15.1 Å². The number of hydrogen-bond acceptors (Lipinski definition) is 15. The molecule has 15 heteroatoms.